The number of rotatable bonds is 5. The number of para-hydroxylation sites is 1. The monoisotopic (exact) mass is 376 g/mol. The number of amides is 2. The standard InChI is InChI=1S/C22H24N4O2/c1-13(2)11-19(21(27)25-23)26-20(15-8-3-4-9-16(15)22(26)28)17-12-24-18-10-6-5-7-14(17)18/h3-10,12-13,19-20,24H,11,23H2,1-2H3,(H,25,27). The minimum absolute atomic E-state index is 0.139. The van der Waals surface area contributed by atoms with Gasteiger partial charge in [-0.2, -0.15) is 0 Å². The fraction of sp³-hybridized carbons (Fsp3) is 0.273. The van der Waals surface area contributed by atoms with Crippen molar-refractivity contribution >= 4 is 22.7 Å². The van der Waals surface area contributed by atoms with Gasteiger partial charge in [-0.3, -0.25) is 15.0 Å². The Labute approximate surface area is 163 Å². The van der Waals surface area contributed by atoms with Crippen LogP contribution >= 0.6 is 0 Å². The number of nitrogens with two attached hydrogens (primary N) is 1. The third kappa shape index (κ3) is 2.86. The molecule has 2 aromatic carbocycles. The molecule has 6 heteroatoms. The Morgan fingerprint density at radius 1 is 1.14 bits per heavy atom. The molecule has 1 aliphatic heterocycles. The minimum Gasteiger partial charge on any atom is -0.361 e. The molecule has 0 radical (unpaired) electrons. The molecule has 0 fully saturated rings. The average molecular weight is 376 g/mol. The van der Waals surface area contributed by atoms with Crippen LogP contribution in [0, 0.1) is 5.92 Å². The van der Waals surface area contributed by atoms with Gasteiger partial charge >= 0.3 is 0 Å². The van der Waals surface area contributed by atoms with Gasteiger partial charge < -0.3 is 9.88 Å². The van der Waals surface area contributed by atoms with Crippen LogP contribution in [-0.2, 0) is 4.79 Å². The molecule has 0 bridgehead atoms. The maximum atomic E-state index is 13.4. The molecule has 1 aliphatic rings. The molecule has 6 nitrogen and oxygen atoms in total. The van der Waals surface area contributed by atoms with E-state index in [2.05, 4.69) is 10.4 Å². The van der Waals surface area contributed by atoms with Gasteiger partial charge in [0.1, 0.15) is 6.04 Å². The van der Waals surface area contributed by atoms with Crippen LogP contribution in [0.1, 0.15) is 47.8 Å². The summed E-state index contributed by atoms with van der Waals surface area (Å²) in [5, 5.41) is 1.04. The molecule has 0 saturated carbocycles. The summed E-state index contributed by atoms with van der Waals surface area (Å²) in [7, 11) is 0. The van der Waals surface area contributed by atoms with E-state index < -0.39 is 6.04 Å². The summed E-state index contributed by atoms with van der Waals surface area (Å²) in [6, 6.07) is 14.6. The molecule has 4 N–H and O–H groups in total. The largest absolute Gasteiger partial charge is 0.361 e. The van der Waals surface area contributed by atoms with Gasteiger partial charge in [0.2, 0.25) is 0 Å². The molecule has 144 valence electrons. The van der Waals surface area contributed by atoms with Crippen molar-refractivity contribution in [3.63, 3.8) is 0 Å². The second-order valence-corrected chi connectivity index (χ2v) is 7.65. The van der Waals surface area contributed by atoms with Crippen molar-refractivity contribution in [3.8, 4) is 0 Å². The molecule has 3 aromatic rings. The molecule has 0 spiro atoms. The number of fused-ring (bicyclic) bond motifs is 2. The molecular formula is C22H24N4O2. The lowest BCUT2D eigenvalue weighted by atomic mass is 9.95. The van der Waals surface area contributed by atoms with Crippen LogP contribution in [-0.4, -0.2) is 27.7 Å². The van der Waals surface area contributed by atoms with Gasteiger partial charge in [-0.05, 0) is 30.0 Å². The Bertz CT molecular complexity index is 1040. The van der Waals surface area contributed by atoms with Crippen LogP contribution in [0.5, 0.6) is 0 Å². The van der Waals surface area contributed by atoms with E-state index in [0.717, 1.165) is 22.0 Å². The zero-order valence-corrected chi connectivity index (χ0v) is 16.0. The predicted molar refractivity (Wildman–Crippen MR) is 108 cm³/mol. The van der Waals surface area contributed by atoms with Gasteiger partial charge in [0.05, 0.1) is 6.04 Å². The molecule has 1 aromatic heterocycles. The fourth-order valence-corrected chi connectivity index (χ4v) is 4.19. The van der Waals surface area contributed by atoms with E-state index in [1.165, 1.54) is 0 Å². The maximum Gasteiger partial charge on any atom is 0.256 e. The molecule has 2 amide bonds. The fourth-order valence-electron chi connectivity index (χ4n) is 4.19. The molecule has 2 atom stereocenters. The third-order valence-corrected chi connectivity index (χ3v) is 5.39. The van der Waals surface area contributed by atoms with E-state index in [9.17, 15) is 9.59 Å². The van der Waals surface area contributed by atoms with Crippen molar-refractivity contribution in [1.29, 1.82) is 0 Å². The summed E-state index contributed by atoms with van der Waals surface area (Å²) in [4.78, 5) is 31.0. The molecule has 4 rings (SSSR count). The number of nitrogens with zero attached hydrogens (tertiary/aromatic N) is 1. The smallest absolute Gasteiger partial charge is 0.256 e. The highest BCUT2D eigenvalue weighted by atomic mass is 16.2. The molecule has 0 aliphatic carbocycles. The minimum atomic E-state index is -0.649. The first-order valence-electron chi connectivity index (χ1n) is 9.51. The quantitative estimate of drug-likeness (QED) is 0.363. The van der Waals surface area contributed by atoms with Gasteiger partial charge in [-0.1, -0.05) is 50.2 Å². The second kappa shape index (κ2) is 7.13. The van der Waals surface area contributed by atoms with Crippen molar-refractivity contribution in [3.05, 3.63) is 71.4 Å². The van der Waals surface area contributed by atoms with E-state index in [0.29, 0.717) is 12.0 Å². The zero-order valence-electron chi connectivity index (χ0n) is 16.0. The SMILES string of the molecule is CC(C)CC(C(=O)NN)N1C(=O)c2ccccc2C1c1c[nH]c2ccccc12. The topological polar surface area (TPSA) is 91.2 Å². The number of carbonyl (C=O) groups is 2. The van der Waals surface area contributed by atoms with Gasteiger partial charge in [-0.15, -0.1) is 0 Å². The van der Waals surface area contributed by atoms with Crippen molar-refractivity contribution in [2.75, 3.05) is 0 Å². The van der Waals surface area contributed by atoms with Crippen LogP contribution in [0.15, 0.2) is 54.7 Å². The van der Waals surface area contributed by atoms with Crippen molar-refractivity contribution in [1.82, 2.24) is 15.3 Å². The summed E-state index contributed by atoms with van der Waals surface area (Å²) >= 11 is 0. The van der Waals surface area contributed by atoms with E-state index in [-0.39, 0.29) is 23.8 Å². The van der Waals surface area contributed by atoms with Crippen molar-refractivity contribution < 1.29 is 9.59 Å². The lowest BCUT2D eigenvalue weighted by Crippen LogP contribution is -2.51. The van der Waals surface area contributed by atoms with Crippen LogP contribution in [0.3, 0.4) is 0 Å². The highest BCUT2D eigenvalue weighted by molar-refractivity contribution is 6.03. The first kappa shape index (κ1) is 18.3. The second-order valence-electron chi connectivity index (χ2n) is 7.65. The van der Waals surface area contributed by atoms with E-state index in [1.54, 1.807) is 4.90 Å². The highest BCUT2D eigenvalue weighted by Gasteiger charge is 2.44. The van der Waals surface area contributed by atoms with Crippen LogP contribution in [0.25, 0.3) is 10.9 Å². The van der Waals surface area contributed by atoms with Gasteiger partial charge in [0, 0.05) is 28.2 Å². The number of H-pyrrole nitrogens is 1. The third-order valence-electron chi connectivity index (χ3n) is 5.39. The summed E-state index contributed by atoms with van der Waals surface area (Å²) in [6.07, 6.45) is 2.46. The number of hydrogen-bond acceptors (Lipinski definition) is 3. The highest BCUT2D eigenvalue weighted by Crippen LogP contribution is 2.43. The lowest BCUT2D eigenvalue weighted by molar-refractivity contribution is -0.126. The first-order valence-corrected chi connectivity index (χ1v) is 9.51. The molecule has 2 unspecified atom stereocenters. The number of hydrogen-bond donors (Lipinski definition) is 3. The zero-order chi connectivity index (χ0) is 19.8. The molecular weight excluding hydrogens is 352 g/mol. The number of aromatic amines is 1. The summed E-state index contributed by atoms with van der Waals surface area (Å²) in [5.41, 5.74) is 5.78. The number of carbonyl (C=O) groups excluding carboxylic acids is 2. The van der Waals surface area contributed by atoms with E-state index in [1.807, 2.05) is 68.6 Å². The summed E-state index contributed by atoms with van der Waals surface area (Å²) in [5.74, 6) is 5.22. The van der Waals surface area contributed by atoms with Gasteiger partial charge in [0.15, 0.2) is 0 Å². The van der Waals surface area contributed by atoms with Crippen LogP contribution in [0.2, 0.25) is 0 Å². The van der Waals surface area contributed by atoms with E-state index >= 15 is 0 Å². The predicted octanol–water partition coefficient (Wildman–Crippen LogP) is 3.12. The lowest BCUT2D eigenvalue weighted by Gasteiger charge is -2.33. The van der Waals surface area contributed by atoms with Crippen LogP contribution in [0.4, 0.5) is 0 Å². The van der Waals surface area contributed by atoms with E-state index in [4.69, 9.17) is 5.84 Å². The van der Waals surface area contributed by atoms with Gasteiger partial charge in [0.25, 0.3) is 11.8 Å². The Morgan fingerprint density at radius 2 is 1.86 bits per heavy atom. The summed E-state index contributed by atoms with van der Waals surface area (Å²) in [6.45, 7) is 4.07. The normalized spacial score (nSPS) is 17.2. The Kier molecular flexibility index (Phi) is 4.65. The Hall–Kier alpha value is -3.12. The maximum absolute atomic E-state index is 13.4. The van der Waals surface area contributed by atoms with Crippen LogP contribution < -0.4 is 11.3 Å². The van der Waals surface area contributed by atoms with Crippen molar-refractivity contribution in [2.24, 2.45) is 11.8 Å². The average Bonchev–Trinajstić information content (AvgIpc) is 3.24. The number of nitrogens with one attached hydrogen (secondary N) is 2. The number of benzene rings is 2. The Balaban J connectivity index is 1.91. The Morgan fingerprint density at radius 3 is 2.61 bits per heavy atom. The first-order chi connectivity index (χ1) is 13.5. The van der Waals surface area contributed by atoms with Crippen molar-refractivity contribution in [2.45, 2.75) is 32.4 Å². The number of aromatic nitrogens is 1. The van der Waals surface area contributed by atoms with Gasteiger partial charge in [-0.25, -0.2) is 5.84 Å². The summed E-state index contributed by atoms with van der Waals surface area (Å²) < 4.78 is 0. The molecule has 28 heavy (non-hydrogen) atoms. The molecule has 0 saturated heterocycles. The molecule has 2 heterocycles. The number of hydrazine groups is 1.